The number of rotatable bonds is 6. The van der Waals surface area contributed by atoms with Crippen molar-refractivity contribution in [2.75, 3.05) is 18.5 Å². The lowest BCUT2D eigenvalue weighted by Gasteiger charge is -2.36. The van der Waals surface area contributed by atoms with E-state index < -0.39 is 5.41 Å². The highest BCUT2D eigenvalue weighted by Crippen LogP contribution is 2.36. The highest BCUT2D eigenvalue weighted by molar-refractivity contribution is 5.99. The number of ether oxygens (including phenoxy) is 2. The second kappa shape index (κ2) is 9.03. The van der Waals surface area contributed by atoms with Crippen molar-refractivity contribution in [3.8, 4) is 5.75 Å². The van der Waals surface area contributed by atoms with Crippen molar-refractivity contribution in [2.45, 2.75) is 24.9 Å². The summed E-state index contributed by atoms with van der Waals surface area (Å²) in [6.07, 6.45) is 4.85. The van der Waals surface area contributed by atoms with Crippen molar-refractivity contribution in [3.05, 3.63) is 96.2 Å². The monoisotopic (exact) mass is 445 g/mol. The van der Waals surface area contributed by atoms with Crippen LogP contribution in [0.25, 0.3) is 5.65 Å². The Morgan fingerprint density at radius 3 is 2.76 bits per heavy atom. The second-order valence-electron chi connectivity index (χ2n) is 8.17. The molecule has 1 aliphatic heterocycles. The first-order chi connectivity index (χ1) is 16.1. The molecule has 0 spiro atoms. The summed E-state index contributed by atoms with van der Waals surface area (Å²) in [7, 11) is 0. The van der Waals surface area contributed by atoms with Crippen molar-refractivity contribution in [2.24, 2.45) is 0 Å². The Bertz CT molecular complexity index is 1250. The fraction of sp³-hybridized carbons (Fsp3) is 0.231. The van der Waals surface area contributed by atoms with Gasteiger partial charge in [0.1, 0.15) is 23.8 Å². The lowest BCUT2D eigenvalue weighted by atomic mass is 9.73. The van der Waals surface area contributed by atoms with Crippen LogP contribution >= 0.6 is 0 Å². The van der Waals surface area contributed by atoms with Crippen LogP contribution in [-0.4, -0.2) is 28.5 Å². The van der Waals surface area contributed by atoms with Gasteiger partial charge in [-0.1, -0.05) is 24.3 Å². The highest BCUT2D eigenvalue weighted by Gasteiger charge is 2.42. The number of hydrogen-bond donors (Lipinski definition) is 1. The molecule has 3 heterocycles. The number of imidazole rings is 1. The molecule has 6 nitrogen and oxygen atoms in total. The van der Waals surface area contributed by atoms with Crippen molar-refractivity contribution >= 4 is 17.2 Å². The number of anilines is 1. The fourth-order valence-corrected chi connectivity index (χ4v) is 4.28. The van der Waals surface area contributed by atoms with Crippen LogP contribution in [0.5, 0.6) is 5.75 Å². The molecular weight excluding hydrogens is 421 g/mol. The minimum Gasteiger partial charge on any atom is -0.487 e. The van der Waals surface area contributed by atoms with Crippen LogP contribution in [0.2, 0.25) is 0 Å². The standard InChI is InChI=1S/C26H24FN3O3/c27-20-6-3-5-19(15-20)26(10-13-32-14-11-26)25(31)29-21-7-4-8-23(16-21)33-18-22-17-30-12-2-1-9-24(30)28-22/h1-9,12,15-17H,10-11,13-14,18H2,(H,29,31). The predicted octanol–water partition coefficient (Wildman–Crippen LogP) is 4.74. The predicted molar refractivity (Wildman–Crippen MR) is 123 cm³/mol. The van der Waals surface area contributed by atoms with E-state index in [9.17, 15) is 9.18 Å². The van der Waals surface area contributed by atoms with Gasteiger partial charge in [0.2, 0.25) is 5.91 Å². The highest BCUT2D eigenvalue weighted by atomic mass is 19.1. The summed E-state index contributed by atoms with van der Waals surface area (Å²) < 4.78 is 27.3. The first-order valence-corrected chi connectivity index (χ1v) is 10.9. The number of pyridine rings is 1. The first kappa shape index (κ1) is 21.2. The van der Waals surface area contributed by atoms with Crippen LogP contribution in [0.3, 0.4) is 0 Å². The van der Waals surface area contributed by atoms with Gasteiger partial charge in [0.05, 0.1) is 11.1 Å². The maximum Gasteiger partial charge on any atom is 0.235 e. The van der Waals surface area contributed by atoms with E-state index in [-0.39, 0.29) is 11.7 Å². The van der Waals surface area contributed by atoms with Crippen molar-refractivity contribution < 1.29 is 18.7 Å². The van der Waals surface area contributed by atoms with Gasteiger partial charge in [0.25, 0.3) is 0 Å². The Balaban J connectivity index is 1.32. The van der Waals surface area contributed by atoms with E-state index >= 15 is 0 Å². The molecule has 1 aliphatic rings. The Morgan fingerprint density at radius 2 is 1.94 bits per heavy atom. The van der Waals surface area contributed by atoms with E-state index in [1.54, 1.807) is 12.1 Å². The molecule has 0 atom stereocenters. The van der Waals surface area contributed by atoms with E-state index in [2.05, 4.69) is 10.3 Å². The molecule has 2 aromatic carbocycles. The molecule has 1 N–H and O–H groups in total. The Morgan fingerprint density at radius 1 is 1.09 bits per heavy atom. The van der Waals surface area contributed by atoms with Crippen molar-refractivity contribution in [1.82, 2.24) is 9.38 Å². The lowest BCUT2D eigenvalue weighted by molar-refractivity contribution is -0.125. The van der Waals surface area contributed by atoms with Crippen molar-refractivity contribution in [3.63, 3.8) is 0 Å². The minimum atomic E-state index is -0.840. The fourth-order valence-electron chi connectivity index (χ4n) is 4.28. The summed E-state index contributed by atoms with van der Waals surface area (Å²) in [5, 5.41) is 3.01. The van der Waals surface area contributed by atoms with Crippen LogP contribution in [0.1, 0.15) is 24.1 Å². The number of nitrogens with zero attached hydrogens (tertiary/aromatic N) is 2. The van der Waals surface area contributed by atoms with Crippen LogP contribution in [0.15, 0.2) is 79.1 Å². The molecule has 1 fully saturated rings. The van der Waals surface area contributed by atoms with Gasteiger partial charge < -0.3 is 19.2 Å². The van der Waals surface area contributed by atoms with Gasteiger partial charge in [0.15, 0.2) is 0 Å². The quantitative estimate of drug-likeness (QED) is 0.466. The maximum atomic E-state index is 13.9. The molecule has 168 valence electrons. The summed E-state index contributed by atoms with van der Waals surface area (Å²) >= 11 is 0. The average molecular weight is 445 g/mol. The van der Waals surface area contributed by atoms with Gasteiger partial charge in [0, 0.05) is 37.4 Å². The third-order valence-corrected chi connectivity index (χ3v) is 6.05. The molecule has 1 saturated heterocycles. The van der Waals surface area contributed by atoms with Gasteiger partial charge in [-0.2, -0.15) is 0 Å². The summed E-state index contributed by atoms with van der Waals surface area (Å²) in [6.45, 7) is 1.21. The number of aromatic nitrogens is 2. The number of amides is 1. The largest absolute Gasteiger partial charge is 0.487 e. The number of fused-ring (bicyclic) bond motifs is 1. The van der Waals surface area contributed by atoms with E-state index in [4.69, 9.17) is 9.47 Å². The van der Waals surface area contributed by atoms with Gasteiger partial charge in [-0.05, 0) is 54.8 Å². The number of carbonyl (C=O) groups is 1. The summed E-state index contributed by atoms with van der Waals surface area (Å²) in [5.74, 6) is 0.0963. The Hall–Kier alpha value is -3.71. The zero-order chi connectivity index (χ0) is 22.7. The van der Waals surface area contributed by atoms with E-state index in [1.807, 2.05) is 59.3 Å². The molecule has 0 bridgehead atoms. The van der Waals surface area contributed by atoms with E-state index in [0.29, 0.717) is 49.7 Å². The van der Waals surface area contributed by atoms with Crippen LogP contribution in [0, 0.1) is 5.82 Å². The molecule has 33 heavy (non-hydrogen) atoms. The normalized spacial score (nSPS) is 15.3. The topological polar surface area (TPSA) is 64.9 Å². The SMILES string of the molecule is O=C(Nc1cccc(OCc2cn3ccccc3n2)c1)C1(c2cccc(F)c2)CCOCC1. The third-order valence-electron chi connectivity index (χ3n) is 6.05. The van der Waals surface area contributed by atoms with Crippen molar-refractivity contribution in [1.29, 1.82) is 0 Å². The Labute approximate surface area is 191 Å². The summed E-state index contributed by atoms with van der Waals surface area (Å²) in [4.78, 5) is 18.0. The number of hydrogen-bond acceptors (Lipinski definition) is 4. The molecule has 2 aromatic heterocycles. The van der Waals surface area contributed by atoms with Gasteiger partial charge in [-0.3, -0.25) is 4.79 Å². The zero-order valence-corrected chi connectivity index (χ0v) is 18.0. The van der Waals surface area contributed by atoms with Gasteiger partial charge >= 0.3 is 0 Å². The number of carbonyl (C=O) groups excluding carboxylic acids is 1. The van der Waals surface area contributed by atoms with Crippen LogP contribution < -0.4 is 10.1 Å². The molecule has 7 heteroatoms. The van der Waals surface area contributed by atoms with Crippen LogP contribution in [0.4, 0.5) is 10.1 Å². The van der Waals surface area contributed by atoms with Crippen LogP contribution in [-0.2, 0) is 21.6 Å². The third kappa shape index (κ3) is 4.45. The summed E-state index contributed by atoms with van der Waals surface area (Å²) in [6, 6.07) is 19.4. The molecule has 1 amide bonds. The number of benzene rings is 2. The molecule has 5 rings (SSSR count). The minimum absolute atomic E-state index is 0.172. The smallest absolute Gasteiger partial charge is 0.235 e. The summed E-state index contributed by atoms with van der Waals surface area (Å²) in [5.41, 5.74) is 2.12. The second-order valence-corrected chi connectivity index (χ2v) is 8.17. The molecule has 0 unspecified atom stereocenters. The van der Waals surface area contributed by atoms with E-state index in [1.165, 1.54) is 12.1 Å². The van der Waals surface area contributed by atoms with Gasteiger partial charge in [-0.15, -0.1) is 0 Å². The van der Waals surface area contributed by atoms with E-state index in [0.717, 1.165) is 11.3 Å². The number of nitrogens with one attached hydrogen (secondary N) is 1. The molecular formula is C26H24FN3O3. The molecule has 0 aliphatic carbocycles. The maximum absolute atomic E-state index is 13.9. The first-order valence-electron chi connectivity index (χ1n) is 10.9. The number of halogens is 1. The molecule has 0 saturated carbocycles. The lowest BCUT2D eigenvalue weighted by Crippen LogP contribution is -2.44. The zero-order valence-electron chi connectivity index (χ0n) is 18.0. The molecule has 4 aromatic rings. The molecule has 0 radical (unpaired) electrons. The average Bonchev–Trinajstić information content (AvgIpc) is 3.26. The van der Waals surface area contributed by atoms with Gasteiger partial charge in [-0.25, -0.2) is 9.37 Å². The Kier molecular flexibility index (Phi) is 5.79.